The van der Waals surface area contributed by atoms with Crippen LogP contribution in [0.15, 0.2) is 58.8 Å². The number of nitrogens with one attached hydrogen (secondary N) is 1. The zero-order valence-electron chi connectivity index (χ0n) is 22.9. The highest BCUT2D eigenvalue weighted by Gasteiger charge is 2.26. The number of anilines is 3. The van der Waals surface area contributed by atoms with Gasteiger partial charge < -0.3 is 16.0 Å². The molecule has 3 N–H and O–H groups in total. The third kappa shape index (κ3) is 5.09. The van der Waals surface area contributed by atoms with Crippen molar-refractivity contribution < 1.29 is 0 Å². The number of aromatic nitrogens is 6. The van der Waals surface area contributed by atoms with Gasteiger partial charge in [0, 0.05) is 42.3 Å². The Morgan fingerprint density at radius 2 is 1.92 bits per heavy atom. The van der Waals surface area contributed by atoms with E-state index in [0.717, 1.165) is 37.2 Å². The quantitative estimate of drug-likeness (QED) is 0.349. The highest BCUT2D eigenvalue weighted by molar-refractivity contribution is 5.77. The Balaban J connectivity index is 1.51. The van der Waals surface area contributed by atoms with E-state index in [1.165, 1.54) is 27.3 Å². The van der Waals surface area contributed by atoms with Crippen molar-refractivity contribution >= 4 is 28.4 Å². The molecular formula is C28H35N9O2. The Labute approximate surface area is 226 Å². The van der Waals surface area contributed by atoms with Crippen LogP contribution in [0.25, 0.3) is 16.9 Å². The van der Waals surface area contributed by atoms with Crippen molar-refractivity contribution in [3.63, 3.8) is 0 Å². The predicted octanol–water partition coefficient (Wildman–Crippen LogP) is 3.28. The number of piperidine rings is 1. The summed E-state index contributed by atoms with van der Waals surface area (Å²) in [5, 5.41) is 8.14. The summed E-state index contributed by atoms with van der Waals surface area (Å²) >= 11 is 0. The molecule has 1 fully saturated rings. The van der Waals surface area contributed by atoms with E-state index >= 15 is 0 Å². The lowest BCUT2D eigenvalue weighted by Gasteiger charge is -2.38. The maximum Gasteiger partial charge on any atom is 0.278 e. The number of rotatable bonds is 7. The van der Waals surface area contributed by atoms with Crippen molar-refractivity contribution in [1.82, 2.24) is 29.1 Å². The molecule has 1 aliphatic heterocycles. The molecule has 0 aliphatic carbocycles. The number of nitrogens with two attached hydrogens (primary N) is 1. The molecule has 5 rings (SSSR count). The van der Waals surface area contributed by atoms with Gasteiger partial charge >= 0.3 is 0 Å². The second kappa shape index (κ2) is 10.1. The summed E-state index contributed by atoms with van der Waals surface area (Å²) in [6.45, 7) is 13.8. The second-order valence-corrected chi connectivity index (χ2v) is 10.8. The highest BCUT2D eigenvalue weighted by Crippen LogP contribution is 2.29. The lowest BCUT2D eigenvalue weighted by atomic mass is 9.90. The van der Waals surface area contributed by atoms with Crippen molar-refractivity contribution in [3.05, 3.63) is 75.5 Å². The highest BCUT2D eigenvalue weighted by atomic mass is 16.1. The van der Waals surface area contributed by atoms with Crippen LogP contribution in [0.3, 0.4) is 0 Å². The molecule has 0 amide bonds. The van der Waals surface area contributed by atoms with Crippen LogP contribution in [0, 0.1) is 6.92 Å². The zero-order chi connectivity index (χ0) is 27.9. The molecule has 1 saturated heterocycles. The van der Waals surface area contributed by atoms with Gasteiger partial charge in [-0.2, -0.15) is 4.98 Å². The standard InChI is InChI=1S/C28H35N9O2/c1-6-13-35-26(39)21-17-30-27(32-25(21)37(35)23-9-10-24(38)36(33-23)18(2)3)31-20-7-8-22(19(4)16-20)34-14-11-28(5,29)12-15-34/h6-10,16-18H,1,11-15,29H2,2-5H3,(H,30,31,32). The minimum absolute atomic E-state index is 0.102. The van der Waals surface area contributed by atoms with Crippen LogP contribution in [0.2, 0.25) is 0 Å². The monoisotopic (exact) mass is 529 g/mol. The van der Waals surface area contributed by atoms with E-state index in [4.69, 9.17) is 10.7 Å². The van der Waals surface area contributed by atoms with Crippen molar-refractivity contribution in [2.24, 2.45) is 5.73 Å². The first-order chi connectivity index (χ1) is 18.6. The SMILES string of the molecule is C=CCn1c(=O)c2cnc(Nc3ccc(N4CCC(C)(N)CC4)c(C)c3)nc2n1-c1ccc(=O)n(C(C)C)n1. The van der Waals surface area contributed by atoms with Crippen LogP contribution in [0.4, 0.5) is 17.3 Å². The predicted molar refractivity (Wildman–Crippen MR) is 154 cm³/mol. The fourth-order valence-electron chi connectivity index (χ4n) is 4.98. The lowest BCUT2D eigenvalue weighted by Crippen LogP contribution is -2.48. The summed E-state index contributed by atoms with van der Waals surface area (Å²) in [5.74, 6) is 0.741. The fourth-order valence-corrected chi connectivity index (χ4v) is 4.98. The topological polar surface area (TPSA) is 129 Å². The van der Waals surface area contributed by atoms with Crippen LogP contribution in [-0.2, 0) is 6.54 Å². The number of nitrogens with zero attached hydrogens (tertiary/aromatic N) is 7. The van der Waals surface area contributed by atoms with Gasteiger partial charge in [0.2, 0.25) is 5.95 Å². The van der Waals surface area contributed by atoms with Crippen molar-refractivity contribution in [3.8, 4) is 5.82 Å². The summed E-state index contributed by atoms with van der Waals surface area (Å²) in [5.41, 5.74) is 9.26. The van der Waals surface area contributed by atoms with Crippen LogP contribution in [0.5, 0.6) is 0 Å². The lowest BCUT2D eigenvalue weighted by molar-refractivity contribution is 0.364. The summed E-state index contributed by atoms with van der Waals surface area (Å²) in [4.78, 5) is 37.0. The average molecular weight is 530 g/mol. The third-order valence-electron chi connectivity index (χ3n) is 7.19. The molecule has 0 saturated carbocycles. The van der Waals surface area contributed by atoms with Gasteiger partial charge in [-0.05, 0) is 70.4 Å². The Morgan fingerprint density at radius 3 is 2.59 bits per heavy atom. The van der Waals surface area contributed by atoms with Crippen molar-refractivity contribution in [1.29, 1.82) is 0 Å². The van der Waals surface area contributed by atoms with Gasteiger partial charge in [0.1, 0.15) is 5.39 Å². The molecule has 11 heteroatoms. The van der Waals surface area contributed by atoms with Gasteiger partial charge in [0.25, 0.3) is 11.1 Å². The smallest absolute Gasteiger partial charge is 0.278 e. The Morgan fingerprint density at radius 1 is 1.18 bits per heavy atom. The van der Waals surface area contributed by atoms with E-state index in [2.05, 4.69) is 52.9 Å². The maximum atomic E-state index is 13.2. The normalized spacial score (nSPS) is 15.2. The molecule has 4 heterocycles. The van der Waals surface area contributed by atoms with E-state index < -0.39 is 0 Å². The van der Waals surface area contributed by atoms with E-state index in [-0.39, 0.29) is 29.2 Å². The molecule has 39 heavy (non-hydrogen) atoms. The molecule has 0 unspecified atom stereocenters. The van der Waals surface area contributed by atoms with Crippen LogP contribution in [0.1, 0.15) is 45.2 Å². The van der Waals surface area contributed by atoms with Gasteiger partial charge in [0.15, 0.2) is 11.5 Å². The number of fused-ring (bicyclic) bond motifs is 1. The molecule has 4 aromatic rings. The Bertz CT molecular complexity index is 1650. The molecular weight excluding hydrogens is 494 g/mol. The van der Waals surface area contributed by atoms with E-state index in [0.29, 0.717) is 22.8 Å². The van der Waals surface area contributed by atoms with Crippen LogP contribution >= 0.6 is 0 Å². The number of hydrogen-bond donors (Lipinski definition) is 2. The molecule has 1 aliphatic rings. The fraction of sp³-hybridized carbons (Fsp3) is 0.393. The van der Waals surface area contributed by atoms with Crippen molar-refractivity contribution in [2.45, 2.75) is 58.7 Å². The minimum atomic E-state index is -0.268. The van der Waals surface area contributed by atoms with E-state index in [1.807, 2.05) is 19.9 Å². The Hall–Kier alpha value is -4.25. The van der Waals surface area contributed by atoms with Crippen LogP contribution < -0.4 is 27.1 Å². The van der Waals surface area contributed by atoms with Crippen molar-refractivity contribution in [2.75, 3.05) is 23.3 Å². The first-order valence-corrected chi connectivity index (χ1v) is 13.2. The molecule has 204 valence electrons. The number of allylic oxidation sites excluding steroid dienone is 1. The first-order valence-electron chi connectivity index (χ1n) is 13.2. The molecule has 0 bridgehead atoms. The molecule has 0 radical (unpaired) electrons. The Kier molecular flexibility index (Phi) is 6.85. The largest absolute Gasteiger partial charge is 0.371 e. The molecule has 0 atom stereocenters. The maximum absolute atomic E-state index is 13.2. The summed E-state index contributed by atoms with van der Waals surface area (Å²) in [6.07, 6.45) is 5.05. The van der Waals surface area contributed by atoms with Gasteiger partial charge in [-0.15, -0.1) is 11.7 Å². The van der Waals surface area contributed by atoms with Gasteiger partial charge in [-0.3, -0.25) is 9.59 Å². The summed E-state index contributed by atoms with van der Waals surface area (Å²) in [6, 6.07) is 9.05. The number of aryl methyl sites for hydroxylation is 1. The van der Waals surface area contributed by atoms with E-state index in [1.54, 1.807) is 16.8 Å². The molecule has 11 nitrogen and oxygen atoms in total. The number of hydrogen-bond acceptors (Lipinski definition) is 8. The van der Waals surface area contributed by atoms with Gasteiger partial charge in [-0.25, -0.2) is 19.0 Å². The summed E-state index contributed by atoms with van der Waals surface area (Å²) < 4.78 is 4.48. The van der Waals surface area contributed by atoms with Crippen LogP contribution in [-0.4, -0.2) is 47.7 Å². The summed E-state index contributed by atoms with van der Waals surface area (Å²) in [7, 11) is 0. The first kappa shape index (κ1) is 26.4. The molecule has 0 spiro atoms. The van der Waals surface area contributed by atoms with Gasteiger partial charge in [0.05, 0.1) is 12.6 Å². The minimum Gasteiger partial charge on any atom is -0.371 e. The third-order valence-corrected chi connectivity index (χ3v) is 7.19. The van der Waals surface area contributed by atoms with Gasteiger partial charge in [-0.1, -0.05) is 6.08 Å². The number of benzene rings is 1. The molecule has 3 aromatic heterocycles. The zero-order valence-corrected chi connectivity index (χ0v) is 22.9. The van der Waals surface area contributed by atoms with E-state index in [9.17, 15) is 9.59 Å². The average Bonchev–Trinajstić information content (AvgIpc) is 3.15. The second-order valence-electron chi connectivity index (χ2n) is 10.8. The molecule has 1 aromatic carbocycles.